The molecule has 5 nitrogen and oxygen atoms in total. The number of ether oxygens (including phenoxy) is 2. The summed E-state index contributed by atoms with van der Waals surface area (Å²) in [5, 5.41) is 3.87. The number of hydrogen-bond acceptors (Lipinski definition) is 4. The molecule has 1 amide bonds. The lowest BCUT2D eigenvalue weighted by Gasteiger charge is -2.07. The lowest BCUT2D eigenvalue weighted by Crippen LogP contribution is -2.22. The third-order valence-corrected chi connectivity index (χ3v) is 1.83. The number of hydrogen-bond donors (Lipinski definition) is 1. The van der Waals surface area contributed by atoms with Crippen molar-refractivity contribution in [1.82, 2.24) is 5.43 Å². The molecule has 17 heavy (non-hydrogen) atoms. The molecule has 0 saturated heterocycles. The monoisotopic (exact) mass is 236 g/mol. The molecular weight excluding hydrogens is 220 g/mol. The van der Waals surface area contributed by atoms with E-state index in [4.69, 9.17) is 9.47 Å². The molecule has 0 bridgehead atoms. The number of rotatable bonds is 4. The molecule has 1 rings (SSSR count). The lowest BCUT2D eigenvalue weighted by molar-refractivity contribution is 0.152. The molecule has 92 valence electrons. The zero-order valence-corrected chi connectivity index (χ0v) is 9.97. The third-order valence-electron chi connectivity index (χ3n) is 1.83. The summed E-state index contributed by atoms with van der Waals surface area (Å²) in [6.45, 7) is 4.35. The van der Waals surface area contributed by atoms with Crippen molar-refractivity contribution in [1.29, 1.82) is 0 Å². The highest BCUT2D eigenvalue weighted by Crippen LogP contribution is 2.02. The summed E-state index contributed by atoms with van der Waals surface area (Å²) in [6.07, 6.45) is -0.597. The molecule has 0 aromatic heterocycles. The summed E-state index contributed by atoms with van der Waals surface area (Å²) in [5.41, 5.74) is 3.07. The maximum absolute atomic E-state index is 11.1. The first-order valence-electron chi connectivity index (χ1n) is 5.46. The van der Waals surface area contributed by atoms with Gasteiger partial charge in [-0.05, 0) is 26.0 Å². The van der Waals surface area contributed by atoms with Crippen LogP contribution in [0.1, 0.15) is 19.4 Å². The summed E-state index contributed by atoms with van der Waals surface area (Å²) < 4.78 is 10.0. The van der Waals surface area contributed by atoms with E-state index in [1.165, 1.54) is 0 Å². The van der Waals surface area contributed by atoms with E-state index in [0.29, 0.717) is 19.1 Å². The maximum atomic E-state index is 11.1. The molecule has 0 spiro atoms. The number of amides is 1. The highest BCUT2D eigenvalue weighted by molar-refractivity contribution is 5.94. The number of hydrazone groups is 1. The molecule has 0 aliphatic rings. The van der Waals surface area contributed by atoms with Gasteiger partial charge in [0.1, 0.15) is 0 Å². The lowest BCUT2D eigenvalue weighted by atomic mass is 10.2. The Morgan fingerprint density at radius 1 is 1.18 bits per heavy atom. The van der Waals surface area contributed by atoms with Gasteiger partial charge in [-0.15, -0.1) is 5.10 Å². The molecule has 1 aromatic rings. The average Bonchev–Trinajstić information content (AvgIpc) is 2.36. The van der Waals surface area contributed by atoms with E-state index in [1.54, 1.807) is 6.92 Å². The minimum absolute atomic E-state index is 0.302. The summed E-state index contributed by atoms with van der Waals surface area (Å²) in [4.78, 5) is 11.1. The van der Waals surface area contributed by atoms with Crippen molar-refractivity contribution in [2.45, 2.75) is 13.8 Å². The second-order valence-corrected chi connectivity index (χ2v) is 3.05. The van der Waals surface area contributed by atoms with Gasteiger partial charge in [-0.25, -0.2) is 10.2 Å². The van der Waals surface area contributed by atoms with Crippen LogP contribution in [0.2, 0.25) is 0 Å². The van der Waals surface area contributed by atoms with Gasteiger partial charge < -0.3 is 9.47 Å². The highest BCUT2D eigenvalue weighted by atomic mass is 16.6. The molecule has 1 aromatic carbocycles. The fraction of sp³-hybridized carbons (Fsp3) is 0.333. The van der Waals surface area contributed by atoms with E-state index >= 15 is 0 Å². The summed E-state index contributed by atoms with van der Waals surface area (Å²) in [5.74, 6) is 0.362. The van der Waals surface area contributed by atoms with Gasteiger partial charge in [0.25, 0.3) is 0 Å². The molecule has 0 aliphatic carbocycles. The third kappa shape index (κ3) is 4.55. The zero-order valence-electron chi connectivity index (χ0n) is 9.97. The number of nitrogens with zero attached hydrogens (tertiary/aromatic N) is 1. The number of benzene rings is 1. The summed E-state index contributed by atoms with van der Waals surface area (Å²) in [7, 11) is 0. The van der Waals surface area contributed by atoms with Gasteiger partial charge in [0, 0.05) is 5.56 Å². The molecule has 0 heterocycles. The predicted octanol–water partition coefficient (Wildman–Crippen LogP) is 2.13. The van der Waals surface area contributed by atoms with Crippen LogP contribution in [0.4, 0.5) is 4.79 Å². The van der Waals surface area contributed by atoms with Gasteiger partial charge in [0.15, 0.2) is 0 Å². The molecule has 0 saturated carbocycles. The van der Waals surface area contributed by atoms with Crippen LogP contribution in [0.15, 0.2) is 35.4 Å². The Hall–Kier alpha value is -2.04. The van der Waals surface area contributed by atoms with Crippen LogP contribution < -0.4 is 5.43 Å². The van der Waals surface area contributed by atoms with Crippen molar-refractivity contribution >= 4 is 12.0 Å². The molecule has 0 atom stereocenters. The van der Waals surface area contributed by atoms with Crippen LogP contribution in [0.25, 0.3) is 0 Å². The average molecular weight is 236 g/mol. The second-order valence-electron chi connectivity index (χ2n) is 3.05. The van der Waals surface area contributed by atoms with Gasteiger partial charge >= 0.3 is 6.09 Å². The standard InChI is InChI=1S/C12H16N2O3/c1-3-16-11(10-8-6-5-7-9-10)13-14-12(15)17-4-2/h5-9H,3-4H2,1-2H3,(H,14,15)/b13-11+. The van der Waals surface area contributed by atoms with Crippen molar-refractivity contribution in [3.63, 3.8) is 0 Å². The largest absolute Gasteiger partial charge is 0.477 e. The Bertz CT molecular complexity index is 377. The first-order valence-corrected chi connectivity index (χ1v) is 5.46. The first kappa shape index (κ1) is 13.0. The van der Waals surface area contributed by atoms with Crippen LogP contribution >= 0.6 is 0 Å². The highest BCUT2D eigenvalue weighted by Gasteiger charge is 2.05. The molecule has 1 N–H and O–H groups in total. The Morgan fingerprint density at radius 3 is 2.41 bits per heavy atom. The Balaban J connectivity index is 2.72. The van der Waals surface area contributed by atoms with Gasteiger partial charge in [-0.3, -0.25) is 0 Å². The molecule has 0 aliphatic heterocycles. The van der Waals surface area contributed by atoms with Crippen LogP contribution in [-0.4, -0.2) is 25.2 Å². The predicted molar refractivity (Wildman–Crippen MR) is 64.8 cm³/mol. The SMILES string of the molecule is CCOC(=O)N/N=C(/OCC)c1ccccc1. The quantitative estimate of drug-likeness (QED) is 0.495. The van der Waals surface area contributed by atoms with Crippen molar-refractivity contribution in [3.05, 3.63) is 35.9 Å². The topological polar surface area (TPSA) is 59.9 Å². The smallest absolute Gasteiger partial charge is 0.427 e. The van der Waals surface area contributed by atoms with Crippen LogP contribution in [0.3, 0.4) is 0 Å². The zero-order chi connectivity index (χ0) is 12.5. The minimum Gasteiger partial charge on any atom is -0.477 e. The van der Waals surface area contributed by atoms with Gasteiger partial charge in [0.2, 0.25) is 5.90 Å². The minimum atomic E-state index is -0.597. The molecule has 0 unspecified atom stereocenters. The fourth-order valence-electron chi connectivity index (χ4n) is 1.16. The van der Waals surface area contributed by atoms with E-state index in [0.717, 1.165) is 5.56 Å². The molecule has 5 heteroatoms. The van der Waals surface area contributed by atoms with E-state index < -0.39 is 6.09 Å². The van der Waals surface area contributed by atoms with E-state index in [9.17, 15) is 4.79 Å². The van der Waals surface area contributed by atoms with Gasteiger partial charge in [-0.2, -0.15) is 0 Å². The second kappa shape index (κ2) is 7.27. The number of nitrogens with one attached hydrogen (secondary N) is 1. The van der Waals surface area contributed by atoms with E-state index in [-0.39, 0.29) is 0 Å². The molecular formula is C12H16N2O3. The van der Waals surface area contributed by atoms with Gasteiger partial charge in [0.05, 0.1) is 13.2 Å². The Labute approximate surface area is 100 Å². The number of carbonyl (C=O) groups excluding carboxylic acids is 1. The van der Waals surface area contributed by atoms with E-state index in [2.05, 4.69) is 10.5 Å². The first-order chi connectivity index (χ1) is 8.27. The fourth-order valence-corrected chi connectivity index (χ4v) is 1.16. The normalized spacial score (nSPS) is 10.8. The Kier molecular flexibility index (Phi) is 5.57. The summed E-state index contributed by atoms with van der Waals surface area (Å²) in [6, 6.07) is 9.33. The van der Waals surface area contributed by atoms with Crippen molar-refractivity contribution in [3.8, 4) is 0 Å². The maximum Gasteiger partial charge on any atom is 0.427 e. The van der Waals surface area contributed by atoms with Gasteiger partial charge in [-0.1, -0.05) is 18.2 Å². The van der Waals surface area contributed by atoms with Crippen LogP contribution in [-0.2, 0) is 9.47 Å². The van der Waals surface area contributed by atoms with Crippen molar-refractivity contribution in [2.24, 2.45) is 5.10 Å². The molecule has 0 radical (unpaired) electrons. The van der Waals surface area contributed by atoms with E-state index in [1.807, 2.05) is 37.3 Å². The van der Waals surface area contributed by atoms with Crippen LogP contribution in [0, 0.1) is 0 Å². The molecule has 0 fully saturated rings. The van der Waals surface area contributed by atoms with Crippen molar-refractivity contribution in [2.75, 3.05) is 13.2 Å². The number of carbonyl (C=O) groups is 1. The Morgan fingerprint density at radius 2 is 1.82 bits per heavy atom. The summed E-state index contributed by atoms with van der Waals surface area (Å²) >= 11 is 0. The van der Waals surface area contributed by atoms with Crippen LogP contribution in [0.5, 0.6) is 0 Å². The van der Waals surface area contributed by atoms with Crippen molar-refractivity contribution < 1.29 is 14.3 Å².